The SMILES string of the molecule is NCc1cn(C[C@@H]2CCCN(C(=O)/C=C/c3cnn(C4CC4)c3)C2)nn1. The highest BCUT2D eigenvalue weighted by atomic mass is 16.2. The van der Waals surface area contributed by atoms with Gasteiger partial charge < -0.3 is 10.6 Å². The van der Waals surface area contributed by atoms with Crippen LogP contribution in [0.5, 0.6) is 0 Å². The van der Waals surface area contributed by atoms with E-state index >= 15 is 0 Å². The zero-order chi connectivity index (χ0) is 17.9. The van der Waals surface area contributed by atoms with E-state index in [1.807, 2.05) is 38.9 Å². The molecule has 1 atom stereocenters. The van der Waals surface area contributed by atoms with E-state index in [9.17, 15) is 4.79 Å². The van der Waals surface area contributed by atoms with Crippen LogP contribution in [0.3, 0.4) is 0 Å². The minimum Gasteiger partial charge on any atom is -0.339 e. The van der Waals surface area contributed by atoms with Crippen LogP contribution in [0.15, 0.2) is 24.7 Å². The molecule has 0 radical (unpaired) electrons. The number of nitrogens with two attached hydrogens (primary N) is 1. The van der Waals surface area contributed by atoms with E-state index in [1.54, 1.807) is 6.08 Å². The van der Waals surface area contributed by atoms with E-state index in [0.717, 1.165) is 43.7 Å². The zero-order valence-corrected chi connectivity index (χ0v) is 14.9. The Balaban J connectivity index is 1.32. The van der Waals surface area contributed by atoms with Crippen LogP contribution < -0.4 is 5.73 Å². The second-order valence-corrected chi connectivity index (χ2v) is 7.25. The van der Waals surface area contributed by atoms with E-state index in [-0.39, 0.29) is 5.91 Å². The fourth-order valence-corrected chi connectivity index (χ4v) is 3.45. The molecule has 2 aromatic heterocycles. The fourth-order valence-electron chi connectivity index (χ4n) is 3.45. The molecule has 2 N–H and O–H groups in total. The molecule has 26 heavy (non-hydrogen) atoms. The second-order valence-electron chi connectivity index (χ2n) is 7.25. The number of hydrogen-bond donors (Lipinski definition) is 1. The molecule has 2 aromatic rings. The predicted octanol–water partition coefficient (Wildman–Crippen LogP) is 1.22. The van der Waals surface area contributed by atoms with Crippen molar-refractivity contribution in [2.24, 2.45) is 11.7 Å². The van der Waals surface area contributed by atoms with Gasteiger partial charge in [-0.05, 0) is 37.7 Å². The van der Waals surface area contributed by atoms with Crippen LogP contribution in [0.4, 0.5) is 0 Å². The largest absolute Gasteiger partial charge is 0.339 e. The molecule has 2 aliphatic rings. The molecule has 1 saturated carbocycles. The van der Waals surface area contributed by atoms with Crippen molar-refractivity contribution >= 4 is 12.0 Å². The van der Waals surface area contributed by atoms with Gasteiger partial charge in [0.1, 0.15) is 0 Å². The molecule has 3 heterocycles. The van der Waals surface area contributed by atoms with Gasteiger partial charge in [0.2, 0.25) is 5.91 Å². The maximum atomic E-state index is 12.5. The second kappa shape index (κ2) is 7.41. The Kier molecular flexibility index (Phi) is 4.83. The van der Waals surface area contributed by atoms with Gasteiger partial charge in [0.15, 0.2) is 0 Å². The Bertz CT molecular complexity index is 789. The lowest BCUT2D eigenvalue weighted by Crippen LogP contribution is -2.40. The Labute approximate surface area is 152 Å². The quantitative estimate of drug-likeness (QED) is 0.786. The highest BCUT2D eigenvalue weighted by Gasteiger charge is 2.24. The van der Waals surface area contributed by atoms with Gasteiger partial charge in [-0.15, -0.1) is 5.10 Å². The minimum absolute atomic E-state index is 0.0649. The van der Waals surface area contributed by atoms with Gasteiger partial charge in [0, 0.05) is 50.2 Å². The molecule has 8 nitrogen and oxygen atoms in total. The molecule has 0 spiro atoms. The van der Waals surface area contributed by atoms with Crippen molar-refractivity contribution in [3.8, 4) is 0 Å². The van der Waals surface area contributed by atoms with Crippen molar-refractivity contribution in [3.63, 3.8) is 0 Å². The summed E-state index contributed by atoms with van der Waals surface area (Å²) in [5.74, 6) is 0.459. The van der Waals surface area contributed by atoms with Crippen LogP contribution in [0.25, 0.3) is 6.08 Å². The van der Waals surface area contributed by atoms with Gasteiger partial charge in [-0.3, -0.25) is 14.2 Å². The fraction of sp³-hybridized carbons (Fsp3) is 0.556. The molecular weight excluding hydrogens is 330 g/mol. The Morgan fingerprint density at radius 1 is 1.31 bits per heavy atom. The summed E-state index contributed by atoms with van der Waals surface area (Å²) < 4.78 is 3.83. The molecule has 4 rings (SSSR count). The number of carbonyl (C=O) groups is 1. The van der Waals surface area contributed by atoms with Gasteiger partial charge in [0.25, 0.3) is 0 Å². The van der Waals surface area contributed by atoms with Crippen molar-refractivity contribution in [1.29, 1.82) is 0 Å². The molecule has 1 amide bonds. The topological polar surface area (TPSA) is 94.9 Å². The predicted molar refractivity (Wildman–Crippen MR) is 96.7 cm³/mol. The third kappa shape index (κ3) is 4.01. The number of likely N-dealkylation sites (tertiary alicyclic amines) is 1. The van der Waals surface area contributed by atoms with E-state index in [0.29, 0.717) is 18.5 Å². The van der Waals surface area contributed by atoms with Crippen LogP contribution in [0.2, 0.25) is 0 Å². The van der Waals surface area contributed by atoms with E-state index in [2.05, 4.69) is 15.4 Å². The maximum absolute atomic E-state index is 12.5. The number of hydrogen-bond acceptors (Lipinski definition) is 5. The number of piperidine rings is 1. The highest BCUT2D eigenvalue weighted by molar-refractivity contribution is 5.91. The van der Waals surface area contributed by atoms with Gasteiger partial charge >= 0.3 is 0 Å². The monoisotopic (exact) mass is 355 g/mol. The van der Waals surface area contributed by atoms with E-state index in [1.165, 1.54) is 12.8 Å². The van der Waals surface area contributed by atoms with Crippen LogP contribution in [-0.2, 0) is 17.9 Å². The molecule has 1 saturated heterocycles. The number of carbonyl (C=O) groups excluding carboxylic acids is 1. The lowest BCUT2D eigenvalue weighted by atomic mass is 9.98. The summed E-state index contributed by atoms with van der Waals surface area (Å²) in [6.07, 6.45) is 13.8. The average Bonchev–Trinajstić information content (AvgIpc) is 3.23. The van der Waals surface area contributed by atoms with Crippen molar-refractivity contribution in [2.75, 3.05) is 13.1 Å². The van der Waals surface area contributed by atoms with Crippen molar-refractivity contribution in [3.05, 3.63) is 35.9 Å². The smallest absolute Gasteiger partial charge is 0.246 e. The summed E-state index contributed by atoms with van der Waals surface area (Å²) in [7, 11) is 0. The van der Waals surface area contributed by atoms with Crippen LogP contribution in [0, 0.1) is 5.92 Å². The Morgan fingerprint density at radius 3 is 2.96 bits per heavy atom. The average molecular weight is 355 g/mol. The van der Waals surface area contributed by atoms with Crippen LogP contribution >= 0.6 is 0 Å². The van der Waals surface area contributed by atoms with Gasteiger partial charge in [-0.1, -0.05) is 5.21 Å². The number of nitrogens with zero attached hydrogens (tertiary/aromatic N) is 6. The molecule has 1 aliphatic heterocycles. The summed E-state index contributed by atoms with van der Waals surface area (Å²) >= 11 is 0. The zero-order valence-electron chi connectivity index (χ0n) is 14.9. The normalized spacial score (nSPS) is 20.8. The van der Waals surface area contributed by atoms with Gasteiger partial charge in [0.05, 0.1) is 17.9 Å². The van der Waals surface area contributed by atoms with Crippen molar-refractivity contribution < 1.29 is 4.79 Å². The van der Waals surface area contributed by atoms with Gasteiger partial charge in [-0.2, -0.15) is 5.10 Å². The maximum Gasteiger partial charge on any atom is 0.246 e. The number of rotatable bonds is 6. The van der Waals surface area contributed by atoms with E-state index in [4.69, 9.17) is 5.73 Å². The lowest BCUT2D eigenvalue weighted by Gasteiger charge is -2.32. The molecular formula is C18H25N7O. The van der Waals surface area contributed by atoms with Crippen molar-refractivity contribution in [2.45, 2.75) is 44.8 Å². The minimum atomic E-state index is 0.0649. The molecule has 2 fully saturated rings. The molecule has 138 valence electrons. The molecule has 8 heteroatoms. The summed E-state index contributed by atoms with van der Waals surface area (Å²) in [5, 5.41) is 12.5. The molecule has 0 bridgehead atoms. The van der Waals surface area contributed by atoms with Crippen molar-refractivity contribution in [1.82, 2.24) is 29.7 Å². The Morgan fingerprint density at radius 2 is 2.19 bits per heavy atom. The first-order valence-corrected chi connectivity index (χ1v) is 9.31. The van der Waals surface area contributed by atoms with Gasteiger partial charge in [-0.25, -0.2) is 0 Å². The standard InChI is InChI=1S/C18H25N7O/c19-8-16-13-24(22-21-16)11-15-2-1-7-23(10-15)18(26)6-3-14-9-20-25(12-14)17-4-5-17/h3,6,9,12-13,15,17H,1-2,4-5,7-8,10-11,19H2/b6-3+/t15-/m1/s1. The number of amides is 1. The van der Waals surface area contributed by atoms with Crippen LogP contribution in [-0.4, -0.2) is 48.7 Å². The van der Waals surface area contributed by atoms with E-state index < -0.39 is 0 Å². The first-order valence-electron chi connectivity index (χ1n) is 9.31. The molecule has 0 unspecified atom stereocenters. The first-order chi connectivity index (χ1) is 12.7. The summed E-state index contributed by atoms with van der Waals surface area (Å²) in [5.41, 5.74) is 7.36. The third-order valence-corrected chi connectivity index (χ3v) is 5.03. The number of aromatic nitrogens is 5. The summed E-state index contributed by atoms with van der Waals surface area (Å²) in [4.78, 5) is 14.5. The first kappa shape index (κ1) is 17.0. The summed E-state index contributed by atoms with van der Waals surface area (Å²) in [6.45, 7) is 2.74. The highest BCUT2D eigenvalue weighted by Crippen LogP contribution is 2.34. The van der Waals surface area contributed by atoms with Crippen LogP contribution in [0.1, 0.15) is 43.0 Å². The Hall–Kier alpha value is -2.48. The third-order valence-electron chi connectivity index (χ3n) is 5.03. The lowest BCUT2D eigenvalue weighted by molar-refractivity contribution is -0.127. The molecule has 0 aromatic carbocycles. The summed E-state index contributed by atoms with van der Waals surface area (Å²) in [6, 6.07) is 0.562. The molecule has 1 aliphatic carbocycles.